The van der Waals surface area contributed by atoms with Crippen LogP contribution in [0.1, 0.15) is 5.56 Å². The number of rotatable bonds is 6. The molecule has 8 nitrogen and oxygen atoms in total. The van der Waals surface area contributed by atoms with E-state index < -0.39 is 35.1 Å². The molecule has 0 radical (unpaired) electrons. The first-order valence-corrected chi connectivity index (χ1v) is 12.0. The van der Waals surface area contributed by atoms with E-state index in [0.29, 0.717) is 16.9 Å². The molecule has 0 unspecified atom stereocenters. The van der Waals surface area contributed by atoms with Crippen molar-refractivity contribution < 1.29 is 22.7 Å². The van der Waals surface area contributed by atoms with Gasteiger partial charge in [-0.15, -0.1) is 0 Å². The van der Waals surface area contributed by atoms with Crippen molar-refractivity contribution in [3.8, 4) is 6.07 Å². The average molecular weight is 480 g/mol. The van der Waals surface area contributed by atoms with Gasteiger partial charge in [0, 0.05) is 9.79 Å². The number of nitriles is 1. The molecule has 1 aliphatic rings. The highest BCUT2D eigenvalue weighted by Crippen LogP contribution is 2.47. The van der Waals surface area contributed by atoms with Crippen LogP contribution < -0.4 is 9.62 Å². The van der Waals surface area contributed by atoms with Crippen molar-refractivity contribution in [2.75, 3.05) is 18.1 Å². The summed E-state index contributed by atoms with van der Waals surface area (Å²) in [6.07, 6.45) is 0. The summed E-state index contributed by atoms with van der Waals surface area (Å²) in [7, 11) is -3.98. The highest BCUT2D eigenvalue weighted by atomic mass is 32.2. The Balaban J connectivity index is 1.40. The molecule has 0 saturated carbocycles. The minimum absolute atomic E-state index is 0.0931. The molecule has 4 rings (SSSR count). The van der Waals surface area contributed by atoms with Gasteiger partial charge in [0.2, 0.25) is 10.0 Å². The van der Waals surface area contributed by atoms with Gasteiger partial charge in [-0.25, -0.2) is 8.42 Å². The fourth-order valence-electron chi connectivity index (χ4n) is 3.18. The number of esters is 1. The van der Waals surface area contributed by atoms with Gasteiger partial charge in [-0.05, 0) is 48.5 Å². The Hall–Kier alpha value is -3.65. The molecule has 0 bridgehead atoms. The minimum atomic E-state index is -3.98. The SMILES string of the molecule is N#Cc1ccc(S(=O)(=O)NCC(=O)OCC(=O)N2c3ccccc3Sc3ccccc32)cc1. The Labute approximate surface area is 194 Å². The molecule has 1 heterocycles. The maximum atomic E-state index is 13.0. The Morgan fingerprint density at radius 2 is 1.52 bits per heavy atom. The van der Waals surface area contributed by atoms with Crippen molar-refractivity contribution in [3.63, 3.8) is 0 Å². The molecule has 1 N–H and O–H groups in total. The first kappa shape index (κ1) is 22.5. The molecule has 166 valence electrons. The van der Waals surface area contributed by atoms with Gasteiger partial charge in [0.05, 0.1) is 27.9 Å². The molecule has 1 aliphatic heterocycles. The fraction of sp³-hybridized carbons (Fsp3) is 0.0870. The molecule has 0 aliphatic carbocycles. The molecule has 0 saturated heterocycles. The number of hydrogen-bond donors (Lipinski definition) is 1. The van der Waals surface area contributed by atoms with E-state index >= 15 is 0 Å². The van der Waals surface area contributed by atoms with Gasteiger partial charge in [-0.2, -0.15) is 9.98 Å². The van der Waals surface area contributed by atoms with Crippen LogP contribution in [-0.4, -0.2) is 33.4 Å². The van der Waals surface area contributed by atoms with Crippen LogP contribution in [0.3, 0.4) is 0 Å². The van der Waals surface area contributed by atoms with Crippen LogP contribution in [0.4, 0.5) is 11.4 Å². The molecule has 0 atom stereocenters. The Bertz CT molecular complexity index is 1320. The molecular weight excluding hydrogens is 462 g/mol. The second-order valence-electron chi connectivity index (χ2n) is 6.89. The number of para-hydroxylation sites is 2. The highest BCUT2D eigenvalue weighted by Gasteiger charge is 2.28. The van der Waals surface area contributed by atoms with Gasteiger partial charge in [0.25, 0.3) is 5.91 Å². The molecule has 0 spiro atoms. The minimum Gasteiger partial charge on any atom is -0.455 e. The Morgan fingerprint density at radius 3 is 2.09 bits per heavy atom. The molecule has 10 heteroatoms. The number of amides is 1. The van der Waals surface area contributed by atoms with Gasteiger partial charge in [-0.3, -0.25) is 14.5 Å². The Morgan fingerprint density at radius 1 is 0.939 bits per heavy atom. The van der Waals surface area contributed by atoms with Crippen molar-refractivity contribution in [2.24, 2.45) is 0 Å². The zero-order chi connectivity index (χ0) is 23.4. The van der Waals surface area contributed by atoms with Crippen molar-refractivity contribution in [1.29, 1.82) is 5.26 Å². The number of anilines is 2. The van der Waals surface area contributed by atoms with E-state index in [4.69, 9.17) is 10.00 Å². The molecule has 33 heavy (non-hydrogen) atoms. The summed E-state index contributed by atoms with van der Waals surface area (Å²) in [6.45, 7) is -1.19. The number of fused-ring (bicyclic) bond motifs is 2. The first-order valence-electron chi connectivity index (χ1n) is 9.73. The zero-order valence-corrected chi connectivity index (χ0v) is 18.7. The average Bonchev–Trinajstić information content (AvgIpc) is 2.84. The summed E-state index contributed by atoms with van der Waals surface area (Å²) in [5, 5.41) is 8.81. The summed E-state index contributed by atoms with van der Waals surface area (Å²) < 4.78 is 31.8. The van der Waals surface area contributed by atoms with E-state index in [0.717, 1.165) is 9.79 Å². The number of hydrogen-bond acceptors (Lipinski definition) is 7. The third kappa shape index (κ3) is 4.90. The van der Waals surface area contributed by atoms with Gasteiger partial charge >= 0.3 is 5.97 Å². The lowest BCUT2D eigenvalue weighted by Gasteiger charge is -2.30. The standard InChI is InChI=1S/C23H17N3O5S2/c24-13-16-9-11-17(12-10-16)33(29,30)25-14-23(28)31-15-22(27)26-18-5-1-3-7-20(18)32-21-8-4-2-6-19(21)26/h1-12,25H,14-15H2. The highest BCUT2D eigenvalue weighted by molar-refractivity contribution is 7.99. The van der Waals surface area contributed by atoms with E-state index in [1.807, 2.05) is 54.6 Å². The van der Waals surface area contributed by atoms with Crippen LogP contribution in [0.2, 0.25) is 0 Å². The third-order valence-electron chi connectivity index (χ3n) is 4.74. The van der Waals surface area contributed by atoms with Crippen LogP contribution in [0.15, 0.2) is 87.5 Å². The molecular formula is C23H17N3O5S2. The predicted molar refractivity (Wildman–Crippen MR) is 121 cm³/mol. The van der Waals surface area contributed by atoms with Crippen LogP contribution in [0.5, 0.6) is 0 Å². The number of sulfonamides is 1. The Kier molecular flexibility index (Phi) is 6.46. The maximum Gasteiger partial charge on any atom is 0.321 e. The number of benzene rings is 3. The summed E-state index contributed by atoms with van der Waals surface area (Å²) in [4.78, 5) is 28.3. The quantitative estimate of drug-likeness (QED) is 0.540. The summed E-state index contributed by atoms with van der Waals surface area (Å²) in [6, 6.07) is 22.0. The summed E-state index contributed by atoms with van der Waals surface area (Å²) in [5.41, 5.74) is 1.68. The third-order valence-corrected chi connectivity index (χ3v) is 7.29. The predicted octanol–water partition coefficient (Wildman–Crippen LogP) is 3.21. The van der Waals surface area contributed by atoms with E-state index in [1.165, 1.54) is 29.2 Å². The molecule has 3 aromatic carbocycles. The number of nitrogens with one attached hydrogen (secondary N) is 1. The van der Waals surface area contributed by atoms with Crippen molar-refractivity contribution in [2.45, 2.75) is 14.7 Å². The molecule has 3 aromatic rings. The van der Waals surface area contributed by atoms with E-state index in [2.05, 4.69) is 4.72 Å². The maximum absolute atomic E-state index is 13.0. The van der Waals surface area contributed by atoms with Gasteiger partial charge in [0.1, 0.15) is 6.54 Å². The number of carbonyl (C=O) groups is 2. The first-order chi connectivity index (χ1) is 15.9. The zero-order valence-electron chi connectivity index (χ0n) is 17.1. The normalized spacial score (nSPS) is 12.3. The van der Waals surface area contributed by atoms with E-state index in [9.17, 15) is 18.0 Å². The van der Waals surface area contributed by atoms with Crippen molar-refractivity contribution >= 4 is 45.0 Å². The summed E-state index contributed by atoms with van der Waals surface area (Å²) in [5.74, 6) is -1.35. The van der Waals surface area contributed by atoms with Gasteiger partial charge in [-0.1, -0.05) is 36.0 Å². The molecule has 0 aromatic heterocycles. The van der Waals surface area contributed by atoms with Gasteiger partial charge in [0.15, 0.2) is 6.61 Å². The molecule has 1 amide bonds. The number of nitrogens with zero attached hydrogens (tertiary/aromatic N) is 2. The van der Waals surface area contributed by atoms with E-state index in [1.54, 1.807) is 11.8 Å². The smallest absolute Gasteiger partial charge is 0.321 e. The van der Waals surface area contributed by atoms with Crippen LogP contribution >= 0.6 is 11.8 Å². The summed E-state index contributed by atoms with van der Waals surface area (Å²) >= 11 is 1.54. The van der Waals surface area contributed by atoms with Crippen molar-refractivity contribution in [1.82, 2.24) is 4.72 Å². The van der Waals surface area contributed by atoms with Crippen LogP contribution in [-0.2, 0) is 24.3 Å². The lowest BCUT2D eigenvalue weighted by atomic mass is 10.2. The monoisotopic (exact) mass is 479 g/mol. The lowest BCUT2D eigenvalue weighted by molar-refractivity contribution is -0.146. The van der Waals surface area contributed by atoms with Crippen LogP contribution in [0, 0.1) is 11.3 Å². The number of ether oxygens (including phenoxy) is 1. The second-order valence-corrected chi connectivity index (χ2v) is 9.74. The second kappa shape index (κ2) is 9.46. The number of carbonyl (C=O) groups excluding carboxylic acids is 2. The van der Waals surface area contributed by atoms with E-state index in [-0.39, 0.29) is 4.90 Å². The molecule has 0 fully saturated rings. The lowest BCUT2D eigenvalue weighted by Crippen LogP contribution is -2.35. The van der Waals surface area contributed by atoms with Crippen LogP contribution in [0.25, 0.3) is 0 Å². The topological polar surface area (TPSA) is 117 Å². The van der Waals surface area contributed by atoms with Crippen molar-refractivity contribution in [3.05, 3.63) is 78.4 Å². The fourth-order valence-corrected chi connectivity index (χ4v) is 5.20. The van der Waals surface area contributed by atoms with Gasteiger partial charge < -0.3 is 4.74 Å². The largest absolute Gasteiger partial charge is 0.455 e.